The standard InChI is InChI=1S/C77H62N2/c1-4-52(53-39-41-55(42-40-53)64-46-51-37-38-56(64)45-51)47-68-63-33-19-22-36-72(63)77(75(68)79(59-29-15-8-16-30-59)60-43-44-70-66(48-60)61-31-17-20-34-69(61)76(70,2)3)71-35-21-18-32-62(71)67-50-74(65(49-73(67)77)54-23-9-5-10-24-54)78(57-25-11-6-12-26-57)58-27-13-7-14-28-58/h4-36,39-44,47-51,56,64H,1,37-38,45-46H2,2-3H3/b52-47+. The van der Waals surface area contributed by atoms with Crippen LogP contribution in [-0.4, -0.2) is 0 Å². The summed E-state index contributed by atoms with van der Waals surface area (Å²) in [5.74, 6) is 2.38. The average Bonchev–Trinajstić information content (AvgIpc) is 3.28. The summed E-state index contributed by atoms with van der Waals surface area (Å²) in [4.78, 5) is 5.07. The Balaban J connectivity index is 1.05. The monoisotopic (exact) mass is 1010 g/mol. The zero-order valence-corrected chi connectivity index (χ0v) is 45.0. The van der Waals surface area contributed by atoms with Crippen molar-refractivity contribution in [1.29, 1.82) is 0 Å². The second-order valence-corrected chi connectivity index (χ2v) is 23.2. The van der Waals surface area contributed by atoms with Crippen molar-refractivity contribution in [1.82, 2.24) is 0 Å². The summed E-state index contributed by atoms with van der Waals surface area (Å²) in [7, 11) is 0. The first kappa shape index (κ1) is 47.3. The molecular formula is C77H62N2. The van der Waals surface area contributed by atoms with Crippen molar-refractivity contribution in [3.63, 3.8) is 0 Å². The van der Waals surface area contributed by atoms with Crippen molar-refractivity contribution >= 4 is 39.6 Å². The minimum Gasteiger partial charge on any atom is -0.312 e. The highest BCUT2D eigenvalue weighted by molar-refractivity contribution is 6.05. The van der Waals surface area contributed by atoms with Gasteiger partial charge in [0.05, 0.1) is 16.8 Å². The van der Waals surface area contributed by atoms with Crippen LogP contribution in [0.5, 0.6) is 0 Å². The highest BCUT2D eigenvalue weighted by Crippen LogP contribution is 2.66. The number of benzene rings is 10. The number of allylic oxidation sites excluding steroid dienone is 5. The molecule has 10 aromatic rings. The van der Waals surface area contributed by atoms with Crippen molar-refractivity contribution < 1.29 is 0 Å². The third-order valence-electron chi connectivity index (χ3n) is 18.7. The number of hydrogen-bond acceptors (Lipinski definition) is 2. The minimum atomic E-state index is -0.801. The van der Waals surface area contributed by atoms with Gasteiger partial charge in [-0.1, -0.05) is 221 Å². The number of fused-ring (bicyclic) bond motifs is 12. The largest absolute Gasteiger partial charge is 0.312 e. The molecule has 2 saturated carbocycles. The van der Waals surface area contributed by atoms with Crippen molar-refractivity contribution in [3.8, 4) is 33.4 Å². The first-order chi connectivity index (χ1) is 38.9. The highest BCUT2D eigenvalue weighted by Gasteiger charge is 2.56. The van der Waals surface area contributed by atoms with Crippen LogP contribution in [0.25, 0.3) is 44.5 Å². The number of anilines is 5. The summed E-state index contributed by atoms with van der Waals surface area (Å²) in [6.07, 6.45) is 10.1. The summed E-state index contributed by atoms with van der Waals surface area (Å²) in [6, 6.07) is 93.5. The van der Waals surface area contributed by atoms with Crippen LogP contribution in [0.4, 0.5) is 28.4 Å². The van der Waals surface area contributed by atoms with Crippen molar-refractivity contribution in [3.05, 3.63) is 318 Å². The van der Waals surface area contributed by atoms with Gasteiger partial charge in [0, 0.05) is 39.3 Å². The molecule has 0 amide bonds. The van der Waals surface area contributed by atoms with Gasteiger partial charge < -0.3 is 9.80 Å². The second kappa shape index (κ2) is 18.6. The summed E-state index contributed by atoms with van der Waals surface area (Å²) in [5, 5.41) is 0. The summed E-state index contributed by atoms with van der Waals surface area (Å²) < 4.78 is 0. The molecule has 2 heteroatoms. The molecule has 0 aromatic heterocycles. The van der Waals surface area contributed by atoms with Gasteiger partial charge in [-0.3, -0.25) is 0 Å². The average molecular weight is 1020 g/mol. The predicted molar refractivity (Wildman–Crippen MR) is 331 cm³/mol. The molecule has 15 rings (SSSR count). The Morgan fingerprint density at radius 2 is 0.975 bits per heavy atom. The van der Waals surface area contributed by atoms with E-state index in [0.717, 1.165) is 57.0 Å². The van der Waals surface area contributed by atoms with Crippen LogP contribution in [0.3, 0.4) is 0 Å². The van der Waals surface area contributed by atoms with Crippen molar-refractivity contribution in [2.75, 3.05) is 9.80 Å². The zero-order valence-electron chi connectivity index (χ0n) is 45.0. The molecule has 4 atom stereocenters. The van der Waals surface area contributed by atoms with E-state index in [1.165, 1.54) is 104 Å². The van der Waals surface area contributed by atoms with Gasteiger partial charge in [0.15, 0.2) is 0 Å². The van der Waals surface area contributed by atoms with E-state index >= 15 is 0 Å². The van der Waals surface area contributed by atoms with Gasteiger partial charge in [-0.2, -0.15) is 0 Å². The Morgan fingerprint density at radius 3 is 1.58 bits per heavy atom. The first-order valence-electron chi connectivity index (χ1n) is 28.5. The van der Waals surface area contributed by atoms with E-state index in [-0.39, 0.29) is 5.41 Å². The number of hydrogen-bond donors (Lipinski definition) is 0. The third kappa shape index (κ3) is 7.30. The lowest BCUT2D eigenvalue weighted by atomic mass is 9.71. The molecule has 4 unspecified atom stereocenters. The molecular weight excluding hydrogens is 953 g/mol. The fourth-order valence-corrected chi connectivity index (χ4v) is 15.2. The van der Waals surface area contributed by atoms with Gasteiger partial charge >= 0.3 is 0 Å². The molecule has 0 saturated heterocycles. The molecule has 5 aliphatic carbocycles. The Hall–Kier alpha value is -8.98. The molecule has 10 aromatic carbocycles. The van der Waals surface area contributed by atoms with Gasteiger partial charge in [-0.15, -0.1) is 0 Å². The van der Waals surface area contributed by atoms with Crippen LogP contribution in [0, 0.1) is 11.8 Å². The maximum Gasteiger partial charge on any atom is 0.0882 e. The molecule has 79 heavy (non-hydrogen) atoms. The molecule has 0 aliphatic heterocycles. The molecule has 0 N–H and O–H groups in total. The zero-order chi connectivity index (χ0) is 52.8. The maximum atomic E-state index is 4.60. The van der Waals surface area contributed by atoms with E-state index in [1.807, 2.05) is 0 Å². The van der Waals surface area contributed by atoms with Gasteiger partial charge in [0.25, 0.3) is 0 Å². The van der Waals surface area contributed by atoms with E-state index in [4.69, 9.17) is 0 Å². The molecule has 0 radical (unpaired) electrons. The van der Waals surface area contributed by atoms with Crippen LogP contribution >= 0.6 is 0 Å². The number of nitrogens with zero attached hydrogens (tertiary/aromatic N) is 2. The lowest BCUT2D eigenvalue weighted by Gasteiger charge is -2.40. The Morgan fingerprint density at radius 1 is 0.443 bits per heavy atom. The summed E-state index contributed by atoms with van der Waals surface area (Å²) in [5.41, 5.74) is 25.8. The van der Waals surface area contributed by atoms with Crippen LogP contribution in [0.15, 0.2) is 273 Å². The second-order valence-electron chi connectivity index (χ2n) is 23.2. The molecule has 380 valence electrons. The number of rotatable bonds is 11. The van der Waals surface area contributed by atoms with Gasteiger partial charge in [0.1, 0.15) is 0 Å². The Kier molecular flexibility index (Phi) is 11.1. The van der Waals surface area contributed by atoms with Crippen LogP contribution in [0.1, 0.15) is 90.0 Å². The first-order valence-corrected chi connectivity index (χ1v) is 28.5. The van der Waals surface area contributed by atoms with E-state index in [2.05, 4.69) is 291 Å². The smallest absolute Gasteiger partial charge is 0.0882 e. The van der Waals surface area contributed by atoms with E-state index in [9.17, 15) is 0 Å². The van der Waals surface area contributed by atoms with Crippen LogP contribution < -0.4 is 9.80 Å². The minimum absolute atomic E-state index is 0.145. The van der Waals surface area contributed by atoms with Gasteiger partial charge in [-0.25, -0.2) is 0 Å². The summed E-state index contributed by atoms with van der Waals surface area (Å²) in [6.45, 7) is 9.36. The van der Waals surface area contributed by atoms with Crippen LogP contribution in [-0.2, 0) is 10.8 Å². The van der Waals surface area contributed by atoms with Gasteiger partial charge in [-0.05, 0) is 182 Å². The van der Waals surface area contributed by atoms with E-state index < -0.39 is 5.41 Å². The predicted octanol–water partition coefficient (Wildman–Crippen LogP) is 20.2. The normalized spacial score (nSPS) is 19.7. The summed E-state index contributed by atoms with van der Waals surface area (Å²) >= 11 is 0. The van der Waals surface area contributed by atoms with E-state index in [0.29, 0.717) is 5.92 Å². The Labute approximate surface area is 466 Å². The molecule has 2 nitrogen and oxygen atoms in total. The molecule has 2 fully saturated rings. The van der Waals surface area contributed by atoms with Crippen LogP contribution in [0.2, 0.25) is 0 Å². The fourth-order valence-electron chi connectivity index (χ4n) is 15.2. The Bertz CT molecular complexity index is 4030. The quantitative estimate of drug-likeness (QED) is 0.119. The molecule has 5 aliphatic rings. The molecule has 0 heterocycles. The topological polar surface area (TPSA) is 6.48 Å². The van der Waals surface area contributed by atoms with Gasteiger partial charge in [0.2, 0.25) is 0 Å². The fraction of sp³-hybridized carbons (Fsp3) is 0.143. The van der Waals surface area contributed by atoms with E-state index in [1.54, 1.807) is 0 Å². The highest BCUT2D eigenvalue weighted by atomic mass is 15.2. The molecule has 2 bridgehead atoms. The lowest BCUT2D eigenvalue weighted by Crippen LogP contribution is -2.36. The van der Waals surface area contributed by atoms with Crippen molar-refractivity contribution in [2.45, 2.75) is 56.3 Å². The molecule has 1 spiro atoms. The third-order valence-corrected chi connectivity index (χ3v) is 18.7. The maximum absolute atomic E-state index is 4.60. The number of para-hydroxylation sites is 3. The lowest BCUT2D eigenvalue weighted by molar-refractivity contribution is 0.420. The SMILES string of the molecule is C=C/C(=C\C1=C(N(c2ccccc2)c2ccc3c(c2)-c2ccccc2C3(C)C)C2(c3ccccc31)c1ccccc1-c1cc(N(c3ccccc3)c3ccccc3)c(-c3ccccc3)cc12)c1ccc(C2CC3CCC2C3)cc1. The van der Waals surface area contributed by atoms with Crippen molar-refractivity contribution in [2.24, 2.45) is 11.8 Å².